The van der Waals surface area contributed by atoms with Gasteiger partial charge < -0.3 is 28.9 Å². The molecule has 3 aliphatic rings. The van der Waals surface area contributed by atoms with E-state index in [2.05, 4.69) is 189 Å². The second-order valence-corrected chi connectivity index (χ2v) is 16.7. The fourth-order valence-corrected chi connectivity index (χ4v) is 9.97. The Morgan fingerprint density at radius 1 is 0.644 bits per heavy atom. The van der Waals surface area contributed by atoms with E-state index in [1.54, 1.807) is 0 Å². The van der Waals surface area contributed by atoms with Gasteiger partial charge in [-0.3, -0.25) is 0 Å². The smallest absolute Gasteiger partial charge is 0.135 e. The van der Waals surface area contributed by atoms with E-state index >= 15 is 0 Å². The fourth-order valence-electron chi connectivity index (χ4n) is 9.97. The summed E-state index contributed by atoms with van der Waals surface area (Å²) < 4.78 is 8.96. The van der Waals surface area contributed by atoms with Crippen LogP contribution < -0.4 is 24.3 Å². The molecule has 2 aliphatic heterocycles. The molecule has 7 nitrogen and oxygen atoms in total. The monoisotopic (exact) mass is 950 g/mol. The van der Waals surface area contributed by atoms with Crippen LogP contribution in [0, 0.1) is 18.8 Å². The van der Waals surface area contributed by atoms with Crippen molar-refractivity contribution in [3.63, 3.8) is 0 Å². The van der Waals surface area contributed by atoms with Crippen LogP contribution in [0.5, 0.6) is 11.5 Å². The van der Waals surface area contributed by atoms with E-state index in [4.69, 9.17) is 9.72 Å². The number of benzene rings is 6. The topological polar surface area (TPSA) is 40.0 Å². The SMILES string of the molecule is CN(C)c1ccc2c(c1)C1(c3ccc(Oc4[c-]c5c(cc4)c4ccccc4n5-c4ccccn4)[c-]c3N3[CH-]N(C)c4cccc1c43)c1cc(N(C)C)ccc1C2(C)C.[Pt]. The number of hydrogen-bond acceptors (Lipinski definition) is 6. The van der Waals surface area contributed by atoms with Crippen molar-refractivity contribution in [2.24, 2.45) is 0 Å². The molecule has 4 heterocycles. The molecule has 2 aromatic heterocycles. The van der Waals surface area contributed by atoms with E-state index in [-0.39, 0.29) is 26.5 Å². The zero-order valence-corrected chi connectivity index (χ0v) is 36.4. The van der Waals surface area contributed by atoms with E-state index < -0.39 is 5.41 Å². The number of rotatable bonds is 5. The van der Waals surface area contributed by atoms with E-state index in [9.17, 15) is 0 Å². The molecular formula is C51H43N6OPt-3. The largest absolute Gasteiger partial charge is 0.509 e. The molecule has 11 rings (SSSR count). The van der Waals surface area contributed by atoms with Crippen LogP contribution in [0.2, 0.25) is 0 Å². The van der Waals surface area contributed by atoms with Gasteiger partial charge in [0, 0.05) is 106 Å². The van der Waals surface area contributed by atoms with Gasteiger partial charge in [-0.05, 0) is 88.8 Å². The van der Waals surface area contributed by atoms with E-state index in [0.717, 1.165) is 44.6 Å². The minimum Gasteiger partial charge on any atom is -0.509 e. The molecule has 0 radical (unpaired) electrons. The maximum Gasteiger partial charge on any atom is 0.135 e. The summed E-state index contributed by atoms with van der Waals surface area (Å²) in [4.78, 5) is 13.7. The summed E-state index contributed by atoms with van der Waals surface area (Å²) in [7, 11) is 10.6. The van der Waals surface area contributed by atoms with Gasteiger partial charge in [-0.1, -0.05) is 73.6 Å². The second kappa shape index (κ2) is 13.2. The molecule has 296 valence electrons. The standard InChI is InChI=1S/C51H43N6O.Pt/c1-50(2)38-23-18-32(53(3)4)27-42(38)51(43-28-33(54(5)6)19-24-39(43)50)40-25-21-35(30-47(40)56-31-55(7)45-16-12-14-41(51)49(45)56)58-34-20-22-37-36-13-8-9-15-44(36)57(46(37)29-34)48-17-10-11-26-52-48;/h8-28,31H,1-7H3;/q-3;. The molecule has 0 atom stereocenters. The molecular weight excluding hydrogens is 908 g/mol. The number of para-hydroxylation sites is 2. The summed E-state index contributed by atoms with van der Waals surface area (Å²) in [5, 5.41) is 2.24. The van der Waals surface area contributed by atoms with E-state index in [1.807, 2.05) is 30.5 Å². The number of ether oxygens (including phenoxy) is 1. The molecule has 0 saturated heterocycles. The predicted molar refractivity (Wildman–Crippen MR) is 237 cm³/mol. The van der Waals surface area contributed by atoms with E-state index in [0.29, 0.717) is 11.5 Å². The Kier molecular flexibility index (Phi) is 8.36. The van der Waals surface area contributed by atoms with Crippen LogP contribution in [0.3, 0.4) is 0 Å². The third-order valence-corrected chi connectivity index (χ3v) is 12.7. The van der Waals surface area contributed by atoms with Crippen molar-refractivity contribution in [3.8, 4) is 17.3 Å². The third-order valence-electron chi connectivity index (χ3n) is 12.7. The average Bonchev–Trinajstić information content (AvgIpc) is 3.75. The maximum absolute atomic E-state index is 6.80. The van der Waals surface area contributed by atoms with Crippen LogP contribution in [0.25, 0.3) is 27.6 Å². The van der Waals surface area contributed by atoms with Crippen molar-refractivity contribution in [2.45, 2.75) is 24.7 Å². The first kappa shape index (κ1) is 37.2. The van der Waals surface area contributed by atoms with Gasteiger partial charge in [0.2, 0.25) is 0 Å². The Bertz CT molecular complexity index is 2930. The van der Waals surface area contributed by atoms with Crippen molar-refractivity contribution in [1.29, 1.82) is 0 Å². The predicted octanol–water partition coefficient (Wildman–Crippen LogP) is 10.7. The molecule has 0 unspecified atom stereocenters. The number of pyridine rings is 1. The van der Waals surface area contributed by atoms with Gasteiger partial charge in [0.05, 0.1) is 0 Å². The normalized spacial score (nSPS) is 15.0. The van der Waals surface area contributed by atoms with Gasteiger partial charge >= 0.3 is 0 Å². The first-order chi connectivity index (χ1) is 28.1. The van der Waals surface area contributed by atoms with Gasteiger partial charge in [0.1, 0.15) is 5.82 Å². The summed E-state index contributed by atoms with van der Waals surface area (Å²) in [5.41, 5.74) is 14.3. The van der Waals surface area contributed by atoms with Crippen LogP contribution in [0.4, 0.5) is 28.4 Å². The minimum absolute atomic E-state index is 0. The summed E-state index contributed by atoms with van der Waals surface area (Å²) >= 11 is 0. The molecule has 0 fully saturated rings. The van der Waals surface area contributed by atoms with Gasteiger partial charge in [0.25, 0.3) is 0 Å². The zero-order chi connectivity index (χ0) is 39.7. The summed E-state index contributed by atoms with van der Waals surface area (Å²) in [6, 6.07) is 51.3. The van der Waals surface area contributed by atoms with Gasteiger partial charge in [-0.25, -0.2) is 4.98 Å². The summed E-state index contributed by atoms with van der Waals surface area (Å²) in [5.74, 6) is 2.07. The molecule has 0 bridgehead atoms. The van der Waals surface area contributed by atoms with Crippen molar-refractivity contribution >= 4 is 50.2 Å². The molecule has 59 heavy (non-hydrogen) atoms. The number of aromatic nitrogens is 2. The maximum atomic E-state index is 6.80. The average molecular weight is 951 g/mol. The number of hydrogen-bond donors (Lipinski definition) is 0. The zero-order valence-electron chi connectivity index (χ0n) is 34.1. The molecule has 1 aliphatic carbocycles. The minimum atomic E-state index is -0.655. The van der Waals surface area contributed by atoms with Crippen LogP contribution in [-0.2, 0) is 31.9 Å². The number of nitrogens with zero attached hydrogens (tertiary/aromatic N) is 6. The Balaban J connectivity index is 0.00000420. The third kappa shape index (κ3) is 5.13. The fraction of sp³-hybridized carbons (Fsp3) is 0.176. The number of fused-ring (bicyclic) bond motifs is 11. The Morgan fingerprint density at radius 3 is 2.00 bits per heavy atom. The van der Waals surface area contributed by atoms with Crippen LogP contribution in [0.15, 0.2) is 128 Å². The Labute approximate surface area is 360 Å². The van der Waals surface area contributed by atoms with Crippen molar-refractivity contribution in [1.82, 2.24) is 9.55 Å². The van der Waals surface area contributed by atoms with Gasteiger partial charge in [-0.15, -0.1) is 35.2 Å². The first-order valence-electron chi connectivity index (χ1n) is 19.8. The van der Waals surface area contributed by atoms with Gasteiger partial charge in [-0.2, -0.15) is 18.8 Å². The second-order valence-electron chi connectivity index (χ2n) is 16.7. The van der Waals surface area contributed by atoms with Crippen LogP contribution in [-0.4, -0.2) is 44.8 Å². The molecule has 0 amide bonds. The number of anilines is 5. The molecule has 8 heteroatoms. The molecule has 0 N–H and O–H groups in total. The Hall–Kier alpha value is -6.04. The van der Waals surface area contributed by atoms with Crippen LogP contribution >= 0.6 is 0 Å². The van der Waals surface area contributed by atoms with Crippen molar-refractivity contribution in [3.05, 3.63) is 180 Å². The van der Waals surface area contributed by atoms with Crippen molar-refractivity contribution in [2.75, 3.05) is 54.8 Å². The summed E-state index contributed by atoms with van der Waals surface area (Å²) in [6.45, 7) is 6.93. The van der Waals surface area contributed by atoms with E-state index in [1.165, 1.54) is 44.9 Å². The first-order valence-corrected chi connectivity index (χ1v) is 19.8. The summed E-state index contributed by atoms with van der Waals surface area (Å²) in [6.07, 6.45) is 1.83. The van der Waals surface area contributed by atoms with Gasteiger partial charge in [0.15, 0.2) is 0 Å². The van der Waals surface area contributed by atoms with Crippen LogP contribution in [0.1, 0.15) is 47.2 Å². The van der Waals surface area contributed by atoms with Crippen molar-refractivity contribution < 1.29 is 25.8 Å². The quantitative estimate of drug-likeness (QED) is 0.160. The molecule has 8 aromatic rings. The molecule has 6 aromatic carbocycles. The molecule has 0 saturated carbocycles. The molecule has 1 spiro atoms. The Morgan fingerprint density at radius 2 is 1.31 bits per heavy atom.